The number of hydrogen-bond acceptors (Lipinski definition) is 7. The predicted molar refractivity (Wildman–Crippen MR) is 83.6 cm³/mol. The van der Waals surface area contributed by atoms with Crippen LogP contribution in [-0.4, -0.2) is 50.6 Å². The van der Waals surface area contributed by atoms with Crippen molar-refractivity contribution < 1.29 is 18.0 Å². The maximum atomic E-state index is 12.7. The molecule has 24 heavy (non-hydrogen) atoms. The Morgan fingerprint density at radius 1 is 1.46 bits per heavy atom. The van der Waals surface area contributed by atoms with E-state index in [-0.39, 0.29) is 36.5 Å². The van der Waals surface area contributed by atoms with E-state index >= 15 is 0 Å². The lowest BCUT2D eigenvalue weighted by atomic mass is 10.0. The number of rotatable bonds is 5. The van der Waals surface area contributed by atoms with Crippen molar-refractivity contribution in [3.8, 4) is 0 Å². The van der Waals surface area contributed by atoms with Gasteiger partial charge in [-0.25, -0.2) is 13.4 Å². The molecule has 0 spiro atoms. The second-order valence-corrected chi connectivity index (χ2v) is 8.13. The number of imidazole rings is 1. The summed E-state index contributed by atoms with van der Waals surface area (Å²) in [5.41, 5.74) is -1.46. The van der Waals surface area contributed by atoms with Crippen LogP contribution in [0.4, 0.5) is 0 Å². The summed E-state index contributed by atoms with van der Waals surface area (Å²) in [6.07, 6.45) is 3.77. The van der Waals surface area contributed by atoms with Gasteiger partial charge in [0.15, 0.2) is 16.5 Å². The van der Waals surface area contributed by atoms with Gasteiger partial charge in [-0.3, -0.25) is 0 Å². The molecule has 2 aromatic rings. The summed E-state index contributed by atoms with van der Waals surface area (Å²) < 4.78 is 33.5. The second-order valence-electron chi connectivity index (χ2n) is 6.24. The van der Waals surface area contributed by atoms with E-state index < -0.39 is 15.6 Å². The van der Waals surface area contributed by atoms with Gasteiger partial charge < -0.3 is 14.2 Å². The Bertz CT molecular complexity index is 828. The first-order valence-corrected chi connectivity index (χ1v) is 9.29. The number of nitrogens with zero attached hydrogens (tertiary/aromatic N) is 5. The smallest absolute Gasteiger partial charge is 0.262 e. The third kappa shape index (κ3) is 2.85. The molecule has 0 radical (unpaired) electrons. The molecule has 1 aliphatic rings. The summed E-state index contributed by atoms with van der Waals surface area (Å²) in [4.78, 5) is 8.12. The van der Waals surface area contributed by atoms with Gasteiger partial charge in [-0.15, -0.1) is 0 Å². The van der Waals surface area contributed by atoms with E-state index in [2.05, 4.69) is 15.1 Å². The average molecular weight is 355 g/mol. The number of aryl methyl sites for hydroxylation is 1. The van der Waals surface area contributed by atoms with Gasteiger partial charge in [-0.1, -0.05) is 12.1 Å². The van der Waals surface area contributed by atoms with Crippen LogP contribution in [0, 0.1) is 0 Å². The van der Waals surface area contributed by atoms with Gasteiger partial charge >= 0.3 is 0 Å². The lowest BCUT2D eigenvalue weighted by Gasteiger charge is -2.18. The van der Waals surface area contributed by atoms with Crippen molar-refractivity contribution in [2.24, 2.45) is 0 Å². The fourth-order valence-electron chi connectivity index (χ4n) is 2.59. The van der Waals surface area contributed by atoms with E-state index in [1.165, 1.54) is 16.8 Å². The second kappa shape index (κ2) is 5.94. The standard InChI is InChI=1S/C14H21N5O4S/c1-4-11-16-13(23-17-11)14(20)5-6-19(8-14)24(21,22)12-7-18(9-15-12)10(2)3/h7,9-10,20H,4-6,8H2,1-3H3/t14-/m1/s1. The first-order valence-electron chi connectivity index (χ1n) is 7.85. The van der Waals surface area contributed by atoms with Crippen LogP contribution in [0.1, 0.15) is 44.9 Å². The Balaban J connectivity index is 1.83. The summed E-state index contributed by atoms with van der Waals surface area (Å²) in [5.74, 6) is 0.542. The molecule has 0 unspecified atom stereocenters. The summed E-state index contributed by atoms with van der Waals surface area (Å²) in [7, 11) is -3.78. The summed E-state index contributed by atoms with van der Waals surface area (Å²) in [6, 6.07) is 0.114. The molecule has 1 fully saturated rings. The highest BCUT2D eigenvalue weighted by molar-refractivity contribution is 7.89. The van der Waals surface area contributed by atoms with Gasteiger partial charge in [0, 0.05) is 31.6 Å². The molecule has 0 aromatic carbocycles. The molecule has 1 aliphatic heterocycles. The minimum atomic E-state index is -3.78. The Kier molecular flexibility index (Phi) is 4.22. The van der Waals surface area contributed by atoms with E-state index in [0.717, 1.165) is 0 Å². The molecule has 1 saturated heterocycles. The van der Waals surface area contributed by atoms with Crippen molar-refractivity contribution in [1.29, 1.82) is 0 Å². The van der Waals surface area contributed by atoms with Crippen LogP contribution >= 0.6 is 0 Å². The Morgan fingerprint density at radius 3 is 2.79 bits per heavy atom. The van der Waals surface area contributed by atoms with Crippen LogP contribution in [0.25, 0.3) is 0 Å². The topological polar surface area (TPSA) is 114 Å². The fourth-order valence-corrected chi connectivity index (χ4v) is 4.01. The zero-order valence-corrected chi connectivity index (χ0v) is 14.7. The van der Waals surface area contributed by atoms with Crippen molar-refractivity contribution in [1.82, 2.24) is 24.0 Å². The molecule has 0 amide bonds. The minimum absolute atomic E-state index is 0.0276. The van der Waals surface area contributed by atoms with E-state index in [0.29, 0.717) is 12.2 Å². The number of aromatic nitrogens is 4. The quantitative estimate of drug-likeness (QED) is 0.839. The molecule has 3 rings (SSSR count). The molecule has 2 aromatic heterocycles. The van der Waals surface area contributed by atoms with Gasteiger partial charge in [0.1, 0.15) is 0 Å². The SMILES string of the molecule is CCc1noc([C@@]2(O)CCN(S(=O)(=O)c3cn(C(C)C)cn3)C2)n1. The van der Waals surface area contributed by atoms with Gasteiger partial charge in [-0.05, 0) is 13.8 Å². The molecule has 10 heteroatoms. The zero-order chi connectivity index (χ0) is 17.5. The Labute approximate surface area is 140 Å². The predicted octanol–water partition coefficient (Wildman–Crippen LogP) is 0.692. The van der Waals surface area contributed by atoms with Crippen LogP contribution in [-0.2, 0) is 22.0 Å². The summed E-state index contributed by atoms with van der Waals surface area (Å²) >= 11 is 0. The van der Waals surface area contributed by atoms with Crippen LogP contribution in [0.5, 0.6) is 0 Å². The Morgan fingerprint density at radius 2 is 2.21 bits per heavy atom. The largest absolute Gasteiger partial charge is 0.379 e. The Hall–Kier alpha value is -1.78. The van der Waals surface area contributed by atoms with Gasteiger partial charge in [0.25, 0.3) is 15.9 Å². The number of hydrogen-bond donors (Lipinski definition) is 1. The third-order valence-corrected chi connectivity index (χ3v) is 5.90. The molecule has 1 N–H and O–H groups in total. The highest BCUT2D eigenvalue weighted by atomic mass is 32.2. The van der Waals surface area contributed by atoms with Crippen molar-refractivity contribution in [2.45, 2.75) is 50.3 Å². The monoisotopic (exact) mass is 355 g/mol. The number of aliphatic hydroxyl groups is 1. The highest BCUT2D eigenvalue weighted by Crippen LogP contribution is 2.33. The average Bonchev–Trinajstić information content (AvgIpc) is 3.26. The van der Waals surface area contributed by atoms with E-state index in [4.69, 9.17) is 4.52 Å². The maximum absolute atomic E-state index is 12.7. The molecule has 9 nitrogen and oxygen atoms in total. The normalized spacial score (nSPS) is 22.5. The van der Waals surface area contributed by atoms with Crippen molar-refractivity contribution >= 4 is 10.0 Å². The lowest BCUT2D eigenvalue weighted by molar-refractivity contribution is 0.0194. The molecule has 1 atom stereocenters. The summed E-state index contributed by atoms with van der Waals surface area (Å²) in [6.45, 7) is 5.78. The highest BCUT2D eigenvalue weighted by Gasteiger charge is 2.47. The van der Waals surface area contributed by atoms with Crippen molar-refractivity contribution in [3.63, 3.8) is 0 Å². The molecular weight excluding hydrogens is 334 g/mol. The third-order valence-electron chi connectivity index (χ3n) is 4.17. The summed E-state index contributed by atoms with van der Waals surface area (Å²) in [5, 5.41) is 14.5. The van der Waals surface area contributed by atoms with Crippen LogP contribution in [0.3, 0.4) is 0 Å². The molecule has 0 saturated carbocycles. The van der Waals surface area contributed by atoms with Crippen molar-refractivity contribution in [3.05, 3.63) is 24.2 Å². The molecule has 0 bridgehead atoms. The molecular formula is C14H21N5O4S. The van der Waals surface area contributed by atoms with Crippen LogP contribution in [0.15, 0.2) is 22.1 Å². The van der Waals surface area contributed by atoms with Gasteiger partial charge in [-0.2, -0.15) is 9.29 Å². The van der Waals surface area contributed by atoms with Gasteiger partial charge in [0.05, 0.1) is 12.9 Å². The van der Waals surface area contributed by atoms with Crippen LogP contribution in [0.2, 0.25) is 0 Å². The number of sulfonamides is 1. The lowest BCUT2D eigenvalue weighted by Crippen LogP contribution is -2.34. The zero-order valence-electron chi connectivity index (χ0n) is 13.9. The number of β-amino-alcohol motifs (C(OH)–C–C–N with tert-alkyl or cyclic N) is 1. The van der Waals surface area contributed by atoms with Crippen molar-refractivity contribution in [2.75, 3.05) is 13.1 Å². The van der Waals surface area contributed by atoms with E-state index in [1.54, 1.807) is 4.57 Å². The maximum Gasteiger partial charge on any atom is 0.262 e. The van der Waals surface area contributed by atoms with E-state index in [1.807, 2.05) is 20.8 Å². The van der Waals surface area contributed by atoms with E-state index in [9.17, 15) is 13.5 Å². The fraction of sp³-hybridized carbons (Fsp3) is 0.643. The van der Waals surface area contributed by atoms with Gasteiger partial charge in [0.2, 0.25) is 0 Å². The molecule has 0 aliphatic carbocycles. The minimum Gasteiger partial charge on any atom is -0.379 e. The first kappa shape index (κ1) is 17.1. The first-order chi connectivity index (χ1) is 11.3. The molecule has 3 heterocycles. The van der Waals surface area contributed by atoms with Crippen LogP contribution < -0.4 is 0 Å². The molecule has 132 valence electrons.